The molecule has 8 heteroatoms. The number of ether oxygens (including phenoxy) is 1. The van der Waals surface area contributed by atoms with Crippen molar-refractivity contribution in [2.24, 2.45) is 0 Å². The molecule has 1 fully saturated rings. The van der Waals surface area contributed by atoms with E-state index in [0.717, 1.165) is 4.90 Å². The minimum absolute atomic E-state index is 0.0196. The van der Waals surface area contributed by atoms with E-state index in [1.165, 1.54) is 12.1 Å². The average Bonchev–Trinajstić information content (AvgIpc) is 2.76. The third-order valence-electron chi connectivity index (χ3n) is 3.20. The predicted molar refractivity (Wildman–Crippen MR) is 84.2 cm³/mol. The van der Waals surface area contributed by atoms with E-state index in [9.17, 15) is 18.4 Å². The van der Waals surface area contributed by atoms with E-state index in [1.807, 2.05) is 0 Å². The third-order valence-corrected chi connectivity index (χ3v) is 3.81. The van der Waals surface area contributed by atoms with Gasteiger partial charge in [-0.2, -0.15) is 0 Å². The minimum Gasteiger partial charge on any atom is -0.444 e. The van der Waals surface area contributed by atoms with Gasteiger partial charge in [0, 0.05) is 6.54 Å². The average molecular weight is 391 g/mol. The van der Waals surface area contributed by atoms with Crippen LogP contribution < -0.4 is 10.2 Å². The zero-order valence-electron chi connectivity index (χ0n) is 13.0. The molecule has 0 saturated carbocycles. The van der Waals surface area contributed by atoms with Crippen molar-refractivity contribution in [2.45, 2.75) is 38.8 Å². The van der Waals surface area contributed by atoms with Crippen LogP contribution in [0.4, 0.5) is 19.3 Å². The molecule has 1 unspecified atom stereocenters. The molecule has 1 aliphatic heterocycles. The predicted octanol–water partition coefficient (Wildman–Crippen LogP) is 3.36. The molecule has 0 radical (unpaired) electrons. The molecule has 1 aromatic rings. The highest BCUT2D eigenvalue weighted by atomic mass is 79.9. The van der Waals surface area contributed by atoms with Crippen LogP contribution in [-0.4, -0.2) is 30.2 Å². The van der Waals surface area contributed by atoms with Crippen LogP contribution >= 0.6 is 15.9 Å². The SMILES string of the molecule is CC(C)(C)OC(=O)NC1CCN(c2ccc(Br)c(F)c2F)C1=O. The quantitative estimate of drug-likeness (QED) is 0.787. The monoisotopic (exact) mass is 390 g/mol. The van der Waals surface area contributed by atoms with Crippen molar-refractivity contribution < 1.29 is 23.1 Å². The van der Waals surface area contributed by atoms with Gasteiger partial charge in [0.1, 0.15) is 11.6 Å². The summed E-state index contributed by atoms with van der Waals surface area (Å²) in [6.07, 6.45) is -0.435. The summed E-state index contributed by atoms with van der Waals surface area (Å²) in [6.45, 7) is 5.29. The van der Waals surface area contributed by atoms with Gasteiger partial charge in [-0.1, -0.05) is 0 Å². The Hall–Kier alpha value is -1.70. The lowest BCUT2D eigenvalue weighted by atomic mass is 10.2. The second kappa shape index (κ2) is 6.43. The van der Waals surface area contributed by atoms with Crippen molar-refractivity contribution in [3.05, 3.63) is 28.2 Å². The summed E-state index contributed by atoms with van der Waals surface area (Å²) < 4.78 is 32.7. The number of hydrogen-bond acceptors (Lipinski definition) is 3. The lowest BCUT2D eigenvalue weighted by Crippen LogP contribution is -2.44. The van der Waals surface area contributed by atoms with Crippen molar-refractivity contribution in [1.29, 1.82) is 0 Å². The van der Waals surface area contributed by atoms with Crippen molar-refractivity contribution in [3.63, 3.8) is 0 Å². The third kappa shape index (κ3) is 3.99. The van der Waals surface area contributed by atoms with E-state index in [4.69, 9.17) is 4.74 Å². The van der Waals surface area contributed by atoms with Gasteiger partial charge in [-0.05, 0) is 55.3 Å². The summed E-state index contributed by atoms with van der Waals surface area (Å²) in [6, 6.07) is 1.82. The van der Waals surface area contributed by atoms with Crippen LogP contribution in [0.3, 0.4) is 0 Å². The largest absolute Gasteiger partial charge is 0.444 e. The zero-order valence-corrected chi connectivity index (χ0v) is 14.5. The molecule has 1 aromatic carbocycles. The van der Waals surface area contributed by atoms with Gasteiger partial charge in [-0.3, -0.25) is 4.79 Å². The first-order valence-electron chi connectivity index (χ1n) is 7.04. The van der Waals surface area contributed by atoms with Crippen molar-refractivity contribution in [2.75, 3.05) is 11.4 Å². The van der Waals surface area contributed by atoms with Gasteiger partial charge in [0.2, 0.25) is 5.91 Å². The summed E-state index contributed by atoms with van der Waals surface area (Å²) in [5.41, 5.74) is -0.837. The maximum atomic E-state index is 14.0. The molecule has 2 rings (SSSR count). The normalized spacial score (nSPS) is 18.3. The summed E-state index contributed by atoms with van der Waals surface area (Å²) in [7, 11) is 0. The van der Waals surface area contributed by atoms with Crippen LogP contribution in [0.15, 0.2) is 16.6 Å². The van der Waals surface area contributed by atoms with Crippen molar-refractivity contribution in [1.82, 2.24) is 5.32 Å². The molecule has 1 atom stereocenters. The first-order chi connectivity index (χ1) is 10.6. The molecular weight excluding hydrogens is 374 g/mol. The van der Waals surface area contributed by atoms with Gasteiger partial charge >= 0.3 is 6.09 Å². The highest BCUT2D eigenvalue weighted by molar-refractivity contribution is 9.10. The molecule has 1 heterocycles. The standard InChI is InChI=1S/C15H17BrF2N2O3/c1-15(2,3)23-14(22)19-9-6-7-20(13(9)21)10-5-4-8(16)11(17)12(10)18/h4-5,9H,6-7H2,1-3H3,(H,19,22). The van der Waals surface area contributed by atoms with Gasteiger partial charge in [-0.15, -0.1) is 0 Å². The first kappa shape index (κ1) is 17.7. The Balaban J connectivity index is 2.11. The van der Waals surface area contributed by atoms with Crippen LogP contribution in [0.5, 0.6) is 0 Å². The number of rotatable bonds is 2. The van der Waals surface area contributed by atoms with Crippen LogP contribution in [0.25, 0.3) is 0 Å². The Morgan fingerprint density at radius 3 is 2.61 bits per heavy atom. The Morgan fingerprint density at radius 2 is 2.00 bits per heavy atom. The van der Waals surface area contributed by atoms with Gasteiger partial charge in [0.05, 0.1) is 10.2 Å². The fraction of sp³-hybridized carbons (Fsp3) is 0.467. The molecule has 5 nitrogen and oxygen atoms in total. The summed E-state index contributed by atoms with van der Waals surface area (Å²) >= 11 is 2.88. The Bertz CT molecular complexity index is 646. The van der Waals surface area contributed by atoms with Gasteiger partial charge in [0.15, 0.2) is 11.6 Å². The molecule has 0 spiro atoms. The minimum atomic E-state index is -1.11. The maximum Gasteiger partial charge on any atom is 0.408 e. The Morgan fingerprint density at radius 1 is 1.35 bits per heavy atom. The summed E-state index contributed by atoms with van der Waals surface area (Å²) in [5.74, 6) is -2.67. The number of nitrogens with zero attached hydrogens (tertiary/aromatic N) is 1. The lowest BCUT2D eigenvalue weighted by molar-refractivity contribution is -0.118. The number of halogens is 3. The number of hydrogen-bond donors (Lipinski definition) is 1. The van der Waals surface area contributed by atoms with E-state index < -0.39 is 35.3 Å². The zero-order chi connectivity index (χ0) is 17.4. The van der Waals surface area contributed by atoms with Gasteiger partial charge in [-0.25, -0.2) is 13.6 Å². The number of nitrogens with one attached hydrogen (secondary N) is 1. The van der Waals surface area contributed by atoms with E-state index in [-0.39, 0.29) is 23.1 Å². The fourth-order valence-electron chi connectivity index (χ4n) is 2.23. The molecule has 2 amide bonds. The van der Waals surface area contributed by atoms with Gasteiger partial charge in [0.25, 0.3) is 0 Å². The molecule has 0 bridgehead atoms. The molecule has 0 aromatic heterocycles. The fourth-order valence-corrected chi connectivity index (χ4v) is 2.53. The molecule has 0 aliphatic carbocycles. The number of benzene rings is 1. The molecule has 126 valence electrons. The summed E-state index contributed by atoms with van der Waals surface area (Å²) in [4.78, 5) is 25.2. The van der Waals surface area contributed by atoms with Crippen molar-refractivity contribution in [3.8, 4) is 0 Å². The Labute approximate surface area is 141 Å². The maximum absolute atomic E-state index is 14.0. The number of carbonyl (C=O) groups is 2. The number of amides is 2. The highest BCUT2D eigenvalue weighted by Crippen LogP contribution is 2.30. The van der Waals surface area contributed by atoms with Crippen LogP contribution in [0.1, 0.15) is 27.2 Å². The summed E-state index contributed by atoms with van der Waals surface area (Å²) in [5, 5.41) is 2.45. The number of carbonyl (C=O) groups excluding carboxylic acids is 2. The number of anilines is 1. The van der Waals surface area contributed by atoms with Crippen LogP contribution in [0, 0.1) is 11.6 Å². The molecule has 1 N–H and O–H groups in total. The van der Waals surface area contributed by atoms with Crippen LogP contribution in [0.2, 0.25) is 0 Å². The topological polar surface area (TPSA) is 58.6 Å². The molecular formula is C15H17BrF2N2O3. The van der Waals surface area contributed by atoms with Crippen molar-refractivity contribution >= 4 is 33.6 Å². The van der Waals surface area contributed by atoms with E-state index in [2.05, 4.69) is 21.2 Å². The van der Waals surface area contributed by atoms with E-state index >= 15 is 0 Å². The lowest BCUT2D eigenvalue weighted by Gasteiger charge is -2.22. The van der Waals surface area contributed by atoms with Crippen LogP contribution in [-0.2, 0) is 9.53 Å². The first-order valence-corrected chi connectivity index (χ1v) is 7.84. The second-order valence-corrected chi connectivity index (χ2v) is 7.03. The second-order valence-electron chi connectivity index (χ2n) is 6.17. The van der Waals surface area contributed by atoms with E-state index in [1.54, 1.807) is 20.8 Å². The Kier molecular flexibility index (Phi) is 4.93. The molecule has 1 aliphatic rings. The number of alkyl carbamates (subject to hydrolysis) is 1. The molecule has 23 heavy (non-hydrogen) atoms. The van der Waals surface area contributed by atoms with Gasteiger partial charge < -0.3 is 15.0 Å². The smallest absolute Gasteiger partial charge is 0.408 e. The van der Waals surface area contributed by atoms with E-state index in [0.29, 0.717) is 0 Å². The highest BCUT2D eigenvalue weighted by Gasteiger charge is 2.36. The molecule has 1 saturated heterocycles.